The Morgan fingerprint density at radius 2 is 2.30 bits per heavy atom. The average molecular weight is 274 g/mol. The second kappa shape index (κ2) is 4.84. The van der Waals surface area contributed by atoms with Gasteiger partial charge in [0.1, 0.15) is 5.75 Å². The number of carbonyl (C=O) groups is 1. The van der Waals surface area contributed by atoms with Gasteiger partial charge in [-0.05, 0) is 25.0 Å². The molecule has 1 heterocycles. The van der Waals surface area contributed by atoms with Crippen molar-refractivity contribution in [2.24, 2.45) is 0 Å². The highest BCUT2D eigenvalue weighted by atomic mass is 16.5. The van der Waals surface area contributed by atoms with Gasteiger partial charge in [0.15, 0.2) is 0 Å². The van der Waals surface area contributed by atoms with E-state index in [0.29, 0.717) is 17.0 Å². The van der Waals surface area contributed by atoms with Crippen molar-refractivity contribution in [3.63, 3.8) is 0 Å². The van der Waals surface area contributed by atoms with Gasteiger partial charge in [0.2, 0.25) is 0 Å². The van der Waals surface area contributed by atoms with Gasteiger partial charge in [-0.25, -0.2) is 0 Å². The molecule has 3 N–H and O–H groups in total. The summed E-state index contributed by atoms with van der Waals surface area (Å²) < 4.78 is 10.3. The lowest BCUT2D eigenvalue weighted by Crippen LogP contribution is -2.26. The molecule has 0 aliphatic heterocycles. The van der Waals surface area contributed by atoms with Crippen molar-refractivity contribution >= 4 is 11.6 Å². The van der Waals surface area contributed by atoms with E-state index in [2.05, 4.69) is 15.5 Å². The number of nitrogens with zero attached hydrogens (tertiary/aromatic N) is 2. The van der Waals surface area contributed by atoms with Gasteiger partial charge < -0.3 is 20.3 Å². The number of hydrogen-bond acceptors (Lipinski definition) is 6. The monoisotopic (exact) mass is 274 g/mol. The average Bonchev–Trinajstić information content (AvgIpc) is 3.12. The maximum absolute atomic E-state index is 11.8. The van der Waals surface area contributed by atoms with Crippen LogP contribution >= 0.6 is 0 Å². The molecule has 1 aliphatic rings. The summed E-state index contributed by atoms with van der Waals surface area (Å²) in [6.07, 6.45) is 2.00. The van der Waals surface area contributed by atoms with Gasteiger partial charge in [-0.15, -0.1) is 0 Å². The molecule has 1 fully saturated rings. The number of anilines is 1. The molecule has 0 atom stereocenters. The number of ether oxygens (including phenoxy) is 1. The highest BCUT2D eigenvalue weighted by Gasteiger charge is 2.26. The minimum Gasteiger partial charge on any atom is -0.496 e. The van der Waals surface area contributed by atoms with Crippen molar-refractivity contribution in [2.75, 3.05) is 12.8 Å². The smallest absolute Gasteiger partial charge is 0.292 e. The normalized spacial score (nSPS) is 14.1. The van der Waals surface area contributed by atoms with Crippen LogP contribution in [0.25, 0.3) is 11.5 Å². The fraction of sp³-hybridized carbons (Fsp3) is 0.308. The molecule has 1 aromatic heterocycles. The van der Waals surface area contributed by atoms with Crippen molar-refractivity contribution < 1.29 is 14.1 Å². The first kappa shape index (κ1) is 12.5. The standard InChI is InChI=1S/C13H14N4O3/c1-19-10-6-7(14)2-5-9(10)13-16-11(17-20-13)12(18)15-8-3-4-8/h2,5-6,8H,3-4,14H2,1H3,(H,15,18). The zero-order valence-electron chi connectivity index (χ0n) is 10.9. The summed E-state index contributed by atoms with van der Waals surface area (Å²) in [7, 11) is 1.52. The molecule has 2 aromatic rings. The summed E-state index contributed by atoms with van der Waals surface area (Å²) in [5.41, 5.74) is 6.85. The molecule has 1 aromatic carbocycles. The van der Waals surface area contributed by atoms with Crippen molar-refractivity contribution in [1.29, 1.82) is 0 Å². The summed E-state index contributed by atoms with van der Waals surface area (Å²) >= 11 is 0. The Morgan fingerprint density at radius 3 is 3.00 bits per heavy atom. The fourth-order valence-corrected chi connectivity index (χ4v) is 1.79. The molecule has 0 bridgehead atoms. The van der Waals surface area contributed by atoms with Gasteiger partial charge >= 0.3 is 0 Å². The minimum atomic E-state index is -0.322. The first-order valence-electron chi connectivity index (χ1n) is 6.26. The molecular weight excluding hydrogens is 260 g/mol. The van der Waals surface area contributed by atoms with Crippen molar-refractivity contribution in [3.05, 3.63) is 24.0 Å². The molecule has 0 saturated heterocycles. The van der Waals surface area contributed by atoms with Crippen LogP contribution in [0.2, 0.25) is 0 Å². The number of nitrogens with one attached hydrogen (secondary N) is 1. The third-order valence-corrected chi connectivity index (χ3v) is 3.00. The molecule has 0 spiro atoms. The van der Waals surface area contributed by atoms with Gasteiger partial charge in [0.05, 0.1) is 12.7 Å². The first-order valence-corrected chi connectivity index (χ1v) is 6.26. The van der Waals surface area contributed by atoms with Crippen molar-refractivity contribution in [3.8, 4) is 17.2 Å². The number of benzene rings is 1. The van der Waals surface area contributed by atoms with E-state index >= 15 is 0 Å². The molecule has 20 heavy (non-hydrogen) atoms. The third-order valence-electron chi connectivity index (χ3n) is 3.00. The first-order chi connectivity index (χ1) is 9.67. The molecule has 104 valence electrons. The Labute approximate surface area is 115 Å². The van der Waals surface area contributed by atoms with Crippen LogP contribution in [0.3, 0.4) is 0 Å². The summed E-state index contributed by atoms with van der Waals surface area (Å²) in [5.74, 6) is 0.438. The van der Waals surface area contributed by atoms with Gasteiger partial charge in [-0.2, -0.15) is 4.98 Å². The number of aromatic nitrogens is 2. The van der Waals surface area contributed by atoms with Crippen LogP contribution in [0.4, 0.5) is 5.69 Å². The van der Waals surface area contributed by atoms with Gasteiger partial charge in [-0.3, -0.25) is 4.79 Å². The quantitative estimate of drug-likeness (QED) is 0.812. The van der Waals surface area contributed by atoms with Crippen LogP contribution in [-0.2, 0) is 0 Å². The predicted octanol–water partition coefficient (Wildman–Crippen LogP) is 1.22. The highest BCUT2D eigenvalue weighted by molar-refractivity contribution is 5.91. The summed E-state index contributed by atoms with van der Waals surface area (Å²) in [6, 6.07) is 5.32. The van der Waals surface area contributed by atoms with E-state index in [1.807, 2.05) is 0 Å². The van der Waals surface area contributed by atoms with Crippen molar-refractivity contribution in [1.82, 2.24) is 15.5 Å². The summed E-state index contributed by atoms with van der Waals surface area (Å²) in [6.45, 7) is 0. The van der Waals surface area contributed by atoms with E-state index in [0.717, 1.165) is 12.8 Å². The molecule has 7 heteroatoms. The molecule has 3 rings (SSSR count). The third kappa shape index (κ3) is 2.42. The molecule has 1 aliphatic carbocycles. The second-order valence-electron chi connectivity index (χ2n) is 4.63. The molecule has 7 nitrogen and oxygen atoms in total. The molecular formula is C13H14N4O3. The number of rotatable bonds is 4. The number of hydrogen-bond donors (Lipinski definition) is 2. The Bertz CT molecular complexity index is 649. The van der Waals surface area contributed by atoms with Crippen LogP contribution in [0, 0.1) is 0 Å². The Kier molecular flexibility index (Phi) is 3.02. The van der Waals surface area contributed by atoms with E-state index in [9.17, 15) is 4.79 Å². The number of nitrogen functional groups attached to an aromatic ring is 1. The zero-order valence-corrected chi connectivity index (χ0v) is 10.9. The minimum absolute atomic E-state index is 0.0192. The Morgan fingerprint density at radius 1 is 1.50 bits per heavy atom. The zero-order chi connectivity index (χ0) is 14.1. The second-order valence-corrected chi connectivity index (χ2v) is 4.63. The molecule has 1 saturated carbocycles. The van der Waals surface area contributed by atoms with Gasteiger partial charge in [0.25, 0.3) is 17.6 Å². The van der Waals surface area contributed by atoms with E-state index in [1.54, 1.807) is 18.2 Å². The van der Waals surface area contributed by atoms with Crippen LogP contribution in [0.1, 0.15) is 23.5 Å². The maximum Gasteiger partial charge on any atom is 0.292 e. The molecule has 1 amide bonds. The lowest BCUT2D eigenvalue weighted by Gasteiger charge is -2.05. The molecule has 0 unspecified atom stereocenters. The molecule has 0 radical (unpaired) electrons. The number of nitrogens with two attached hydrogens (primary N) is 1. The summed E-state index contributed by atoms with van der Waals surface area (Å²) in [4.78, 5) is 15.9. The topological polar surface area (TPSA) is 103 Å². The van der Waals surface area contributed by atoms with E-state index in [1.165, 1.54) is 7.11 Å². The summed E-state index contributed by atoms with van der Waals surface area (Å²) in [5, 5.41) is 6.48. The van der Waals surface area contributed by atoms with Crippen LogP contribution in [-0.4, -0.2) is 29.2 Å². The lowest BCUT2D eigenvalue weighted by atomic mass is 10.2. The fourth-order valence-electron chi connectivity index (χ4n) is 1.79. The van der Waals surface area contributed by atoms with Crippen molar-refractivity contribution in [2.45, 2.75) is 18.9 Å². The van der Waals surface area contributed by atoms with Crippen LogP contribution in [0.15, 0.2) is 22.7 Å². The van der Waals surface area contributed by atoms with E-state index < -0.39 is 0 Å². The maximum atomic E-state index is 11.8. The lowest BCUT2D eigenvalue weighted by molar-refractivity contribution is 0.0937. The van der Waals surface area contributed by atoms with E-state index in [4.69, 9.17) is 15.0 Å². The number of amides is 1. The SMILES string of the molecule is COc1cc(N)ccc1-c1nc(C(=O)NC2CC2)no1. The largest absolute Gasteiger partial charge is 0.496 e. The Balaban J connectivity index is 1.87. The van der Waals surface area contributed by atoms with Crippen LogP contribution < -0.4 is 15.8 Å². The van der Waals surface area contributed by atoms with Gasteiger partial charge in [-0.1, -0.05) is 5.16 Å². The van der Waals surface area contributed by atoms with Gasteiger partial charge in [0, 0.05) is 17.8 Å². The predicted molar refractivity (Wildman–Crippen MR) is 71.2 cm³/mol. The Hall–Kier alpha value is -2.57. The number of methoxy groups -OCH3 is 1. The van der Waals surface area contributed by atoms with Crippen LogP contribution in [0.5, 0.6) is 5.75 Å². The highest BCUT2D eigenvalue weighted by Crippen LogP contribution is 2.30. The number of carbonyl (C=O) groups excluding carboxylic acids is 1. The van der Waals surface area contributed by atoms with E-state index in [-0.39, 0.29) is 23.7 Å².